The Kier molecular flexibility index (Phi) is 7.05. The average Bonchev–Trinajstić information content (AvgIpc) is 2.74. The van der Waals surface area contributed by atoms with E-state index in [-0.39, 0.29) is 29.8 Å². The van der Waals surface area contributed by atoms with Gasteiger partial charge in [0.25, 0.3) is 0 Å². The van der Waals surface area contributed by atoms with E-state index in [2.05, 4.69) is 5.32 Å². The number of carbonyl (C=O) groups is 1. The lowest BCUT2D eigenvalue weighted by Gasteiger charge is -2.25. The molecule has 0 aromatic rings. The highest BCUT2D eigenvalue weighted by atomic mass is 35.5. The van der Waals surface area contributed by atoms with E-state index in [0.717, 1.165) is 19.3 Å². The van der Waals surface area contributed by atoms with Crippen LogP contribution in [0.25, 0.3) is 0 Å². The molecular formula is C12H25ClN2O2. The second-order valence-corrected chi connectivity index (χ2v) is 5.21. The third kappa shape index (κ3) is 4.82. The molecule has 1 rings (SSSR count). The topological polar surface area (TPSA) is 64.3 Å². The molecule has 0 aromatic heterocycles. The summed E-state index contributed by atoms with van der Waals surface area (Å²) in [6.07, 6.45) is 3.18. The molecule has 0 spiro atoms. The number of ether oxygens (including phenoxy) is 1. The number of hydrogen-bond donors (Lipinski definition) is 2. The highest BCUT2D eigenvalue weighted by Crippen LogP contribution is 2.30. The fourth-order valence-corrected chi connectivity index (χ4v) is 2.17. The van der Waals surface area contributed by atoms with E-state index in [1.807, 2.05) is 13.8 Å². The monoisotopic (exact) mass is 264 g/mol. The first-order chi connectivity index (χ1) is 7.50. The van der Waals surface area contributed by atoms with E-state index in [9.17, 15) is 4.79 Å². The molecule has 0 aromatic carbocycles. The van der Waals surface area contributed by atoms with Gasteiger partial charge in [0.2, 0.25) is 5.91 Å². The van der Waals surface area contributed by atoms with E-state index in [1.165, 1.54) is 0 Å². The van der Waals surface area contributed by atoms with Gasteiger partial charge in [0.15, 0.2) is 0 Å². The molecule has 2 atom stereocenters. The Morgan fingerprint density at radius 2 is 2.12 bits per heavy atom. The third-order valence-electron chi connectivity index (χ3n) is 3.54. The molecule has 0 saturated heterocycles. The van der Waals surface area contributed by atoms with Gasteiger partial charge in [-0.2, -0.15) is 0 Å². The summed E-state index contributed by atoms with van der Waals surface area (Å²) < 4.78 is 5.26. The maximum absolute atomic E-state index is 12.0. The summed E-state index contributed by atoms with van der Waals surface area (Å²) in [5.41, 5.74) is 5.37. The third-order valence-corrected chi connectivity index (χ3v) is 3.54. The number of methoxy groups -OCH3 is 1. The summed E-state index contributed by atoms with van der Waals surface area (Å²) in [5.74, 6) is 0.612. The van der Waals surface area contributed by atoms with Crippen LogP contribution in [0.2, 0.25) is 0 Å². The van der Waals surface area contributed by atoms with E-state index < -0.39 is 0 Å². The normalized spacial score (nSPS) is 24.2. The van der Waals surface area contributed by atoms with Crippen LogP contribution in [-0.2, 0) is 9.53 Å². The Bertz CT molecular complexity index is 247. The molecule has 5 heteroatoms. The smallest absolute Gasteiger partial charge is 0.223 e. The van der Waals surface area contributed by atoms with Crippen molar-refractivity contribution in [2.45, 2.75) is 38.7 Å². The lowest BCUT2D eigenvalue weighted by atomic mass is 9.95. The van der Waals surface area contributed by atoms with Crippen LogP contribution < -0.4 is 11.1 Å². The van der Waals surface area contributed by atoms with Gasteiger partial charge in [-0.15, -0.1) is 12.4 Å². The predicted molar refractivity (Wildman–Crippen MR) is 71.2 cm³/mol. The summed E-state index contributed by atoms with van der Waals surface area (Å²) in [7, 11) is 1.66. The zero-order chi connectivity index (χ0) is 12.2. The van der Waals surface area contributed by atoms with E-state index in [4.69, 9.17) is 10.5 Å². The number of rotatable bonds is 5. The molecule has 0 heterocycles. The SMILES string of the molecule is COC(C)(C)CNC(=O)[C@@H]1CCC[C@@H]1CN.Cl. The van der Waals surface area contributed by atoms with Gasteiger partial charge < -0.3 is 15.8 Å². The standard InChI is InChI=1S/C12H24N2O2.ClH/c1-12(2,16-3)8-14-11(15)10-6-4-5-9(10)7-13;/h9-10H,4-8,13H2,1-3H3,(H,14,15);1H/t9-,10-;/m1./s1. The van der Waals surface area contributed by atoms with Gasteiger partial charge in [-0.25, -0.2) is 0 Å². The van der Waals surface area contributed by atoms with Gasteiger partial charge >= 0.3 is 0 Å². The van der Waals surface area contributed by atoms with Crippen molar-refractivity contribution >= 4 is 18.3 Å². The second kappa shape index (κ2) is 7.19. The maximum atomic E-state index is 12.0. The summed E-state index contributed by atoms with van der Waals surface area (Å²) in [4.78, 5) is 12.0. The quantitative estimate of drug-likeness (QED) is 0.787. The minimum absolute atomic E-state index is 0. The number of nitrogens with one attached hydrogen (secondary N) is 1. The number of halogens is 1. The van der Waals surface area contributed by atoms with Crippen LogP contribution in [0, 0.1) is 11.8 Å². The first kappa shape index (κ1) is 16.7. The molecule has 102 valence electrons. The molecule has 3 N–H and O–H groups in total. The lowest BCUT2D eigenvalue weighted by Crippen LogP contribution is -2.43. The van der Waals surface area contributed by atoms with Gasteiger partial charge in [-0.05, 0) is 39.2 Å². The van der Waals surface area contributed by atoms with Crippen LogP contribution in [0.1, 0.15) is 33.1 Å². The van der Waals surface area contributed by atoms with Crippen LogP contribution in [0.3, 0.4) is 0 Å². The van der Waals surface area contributed by atoms with Crippen molar-refractivity contribution in [2.24, 2.45) is 17.6 Å². The first-order valence-corrected chi connectivity index (χ1v) is 6.03. The van der Waals surface area contributed by atoms with Crippen molar-refractivity contribution in [1.82, 2.24) is 5.32 Å². The largest absolute Gasteiger partial charge is 0.377 e. The summed E-state index contributed by atoms with van der Waals surface area (Å²) in [5, 5.41) is 2.96. The Hall–Kier alpha value is -0.320. The Morgan fingerprint density at radius 3 is 2.65 bits per heavy atom. The first-order valence-electron chi connectivity index (χ1n) is 6.03. The van der Waals surface area contributed by atoms with Crippen molar-refractivity contribution < 1.29 is 9.53 Å². The minimum atomic E-state index is -0.299. The molecule has 17 heavy (non-hydrogen) atoms. The molecule has 0 aliphatic heterocycles. The van der Waals surface area contributed by atoms with Crippen molar-refractivity contribution in [2.75, 3.05) is 20.2 Å². The fourth-order valence-electron chi connectivity index (χ4n) is 2.17. The Labute approximate surface area is 110 Å². The summed E-state index contributed by atoms with van der Waals surface area (Å²) >= 11 is 0. The van der Waals surface area contributed by atoms with Gasteiger partial charge in [0.05, 0.1) is 5.60 Å². The average molecular weight is 265 g/mol. The highest BCUT2D eigenvalue weighted by Gasteiger charge is 2.32. The zero-order valence-corrected chi connectivity index (χ0v) is 11.8. The van der Waals surface area contributed by atoms with Crippen LogP contribution in [0.4, 0.5) is 0 Å². The zero-order valence-electron chi connectivity index (χ0n) is 11.0. The molecule has 1 aliphatic carbocycles. The Morgan fingerprint density at radius 1 is 1.47 bits per heavy atom. The fraction of sp³-hybridized carbons (Fsp3) is 0.917. The molecule has 0 bridgehead atoms. The van der Waals surface area contributed by atoms with Gasteiger partial charge in [0, 0.05) is 19.6 Å². The predicted octanol–water partition coefficient (Wildman–Crippen LogP) is 1.32. The van der Waals surface area contributed by atoms with E-state index >= 15 is 0 Å². The molecule has 1 fully saturated rings. The number of hydrogen-bond acceptors (Lipinski definition) is 3. The van der Waals surface area contributed by atoms with Gasteiger partial charge in [0.1, 0.15) is 0 Å². The van der Waals surface area contributed by atoms with Crippen molar-refractivity contribution in [3.63, 3.8) is 0 Å². The van der Waals surface area contributed by atoms with Crippen LogP contribution in [0.5, 0.6) is 0 Å². The highest BCUT2D eigenvalue weighted by molar-refractivity contribution is 5.85. The summed E-state index contributed by atoms with van der Waals surface area (Å²) in [6, 6.07) is 0. The molecule has 0 radical (unpaired) electrons. The van der Waals surface area contributed by atoms with Crippen LogP contribution >= 0.6 is 12.4 Å². The van der Waals surface area contributed by atoms with Gasteiger partial charge in [-0.3, -0.25) is 4.79 Å². The van der Waals surface area contributed by atoms with E-state index in [1.54, 1.807) is 7.11 Å². The van der Waals surface area contributed by atoms with Crippen LogP contribution in [-0.4, -0.2) is 31.7 Å². The molecule has 4 nitrogen and oxygen atoms in total. The summed E-state index contributed by atoms with van der Waals surface area (Å²) in [6.45, 7) is 5.09. The number of amides is 1. The van der Waals surface area contributed by atoms with Crippen molar-refractivity contribution in [3.8, 4) is 0 Å². The lowest BCUT2D eigenvalue weighted by molar-refractivity contribution is -0.127. The number of nitrogens with two attached hydrogens (primary N) is 1. The minimum Gasteiger partial charge on any atom is -0.377 e. The maximum Gasteiger partial charge on any atom is 0.223 e. The molecule has 1 amide bonds. The molecular weight excluding hydrogens is 240 g/mol. The second-order valence-electron chi connectivity index (χ2n) is 5.21. The molecule has 1 saturated carbocycles. The van der Waals surface area contributed by atoms with Crippen LogP contribution in [0.15, 0.2) is 0 Å². The number of carbonyl (C=O) groups excluding carboxylic acids is 1. The van der Waals surface area contributed by atoms with Gasteiger partial charge in [-0.1, -0.05) is 6.42 Å². The van der Waals surface area contributed by atoms with Crippen molar-refractivity contribution in [1.29, 1.82) is 0 Å². The molecule has 1 aliphatic rings. The molecule has 0 unspecified atom stereocenters. The van der Waals surface area contributed by atoms with Crippen molar-refractivity contribution in [3.05, 3.63) is 0 Å². The van der Waals surface area contributed by atoms with E-state index in [0.29, 0.717) is 19.0 Å². The Balaban J connectivity index is 0.00000256.